The molecule has 2 aromatic carbocycles. The van der Waals surface area contributed by atoms with Crippen LogP contribution in [0.5, 0.6) is 5.75 Å². The molecule has 3 rings (SSSR count). The quantitative estimate of drug-likeness (QED) is 0.807. The van der Waals surface area contributed by atoms with Crippen LogP contribution in [0.4, 0.5) is 14.5 Å². The number of fused-ring (bicyclic) bond motifs is 1. The zero-order chi connectivity index (χ0) is 14.8. The van der Waals surface area contributed by atoms with E-state index in [2.05, 4.69) is 0 Å². The fraction of sp³-hybridized carbons (Fsp3) is 0.188. The van der Waals surface area contributed by atoms with Gasteiger partial charge >= 0.3 is 0 Å². The SMILES string of the molecule is N#Cc1cc(F)c(N2CCOc3ccccc3C2)c(F)c1. The third kappa shape index (κ3) is 2.52. The van der Waals surface area contributed by atoms with Crippen LogP contribution in [0.15, 0.2) is 36.4 Å². The van der Waals surface area contributed by atoms with Gasteiger partial charge in [-0.2, -0.15) is 5.26 Å². The molecule has 1 aliphatic heterocycles. The van der Waals surface area contributed by atoms with Gasteiger partial charge in [0.1, 0.15) is 18.0 Å². The Morgan fingerprint density at radius 3 is 2.57 bits per heavy atom. The van der Waals surface area contributed by atoms with E-state index in [1.807, 2.05) is 24.3 Å². The van der Waals surface area contributed by atoms with Crippen molar-refractivity contribution in [3.8, 4) is 11.8 Å². The highest BCUT2D eigenvalue weighted by atomic mass is 19.1. The second-order valence-corrected chi connectivity index (χ2v) is 4.78. The van der Waals surface area contributed by atoms with Gasteiger partial charge in [0.15, 0.2) is 11.6 Å². The maximum atomic E-state index is 14.1. The van der Waals surface area contributed by atoms with Crippen molar-refractivity contribution in [3.63, 3.8) is 0 Å². The summed E-state index contributed by atoms with van der Waals surface area (Å²) in [5, 5.41) is 8.75. The van der Waals surface area contributed by atoms with Gasteiger partial charge in [-0.3, -0.25) is 0 Å². The van der Waals surface area contributed by atoms with E-state index in [1.165, 1.54) is 0 Å². The molecule has 5 heteroatoms. The molecule has 0 bridgehead atoms. The van der Waals surface area contributed by atoms with Gasteiger partial charge in [-0.1, -0.05) is 18.2 Å². The number of nitriles is 1. The van der Waals surface area contributed by atoms with Crippen LogP contribution in [0.2, 0.25) is 0 Å². The third-order valence-electron chi connectivity index (χ3n) is 3.41. The number of anilines is 1. The summed E-state index contributed by atoms with van der Waals surface area (Å²) >= 11 is 0. The zero-order valence-corrected chi connectivity index (χ0v) is 11.1. The van der Waals surface area contributed by atoms with E-state index in [1.54, 1.807) is 11.0 Å². The Balaban J connectivity index is 2.00. The number of ether oxygens (including phenoxy) is 1. The minimum atomic E-state index is -0.731. The summed E-state index contributed by atoms with van der Waals surface area (Å²) in [7, 11) is 0. The van der Waals surface area contributed by atoms with E-state index in [9.17, 15) is 8.78 Å². The highest BCUT2D eigenvalue weighted by molar-refractivity contribution is 5.54. The molecule has 106 valence electrons. The van der Waals surface area contributed by atoms with E-state index < -0.39 is 11.6 Å². The molecule has 0 radical (unpaired) electrons. The number of hydrogen-bond acceptors (Lipinski definition) is 3. The van der Waals surface area contributed by atoms with Crippen LogP contribution in [-0.2, 0) is 6.54 Å². The van der Waals surface area contributed by atoms with E-state index >= 15 is 0 Å². The summed E-state index contributed by atoms with van der Waals surface area (Å²) < 4.78 is 33.8. The smallest absolute Gasteiger partial charge is 0.150 e. The standard InChI is InChI=1S/C16H12F2N2O/c17-13-7-11(9-19)8-14(18)16(13)20-5-6-21-15-4-2-1-3-12(15)10-20/h1-4,7-8H,5-6,10H2. The largest absolute Gasteiger partial charge is 0.491 e. The molecule has 1 aliphatic rings. The Kier molecular flexibility index (Phi) is 3.44. The predicted octanol–water partition coefficient (Wildman–Crippen LogP) is 3.24. The Morgan fingerprint density at radius 1 is 1.14 bits per heavy atom. The molecule has 0 atom stereocenters. The summed E-state index contributed by atoms with van der Waals surface area (Å²) in [6.07, 6.45) is 0. The molecule has 0 amide bonds. The van der Waals surface area contributed by atoms with Crippen LogP contribution in [0.3, 0.4) is 0 Å². The topological polar surface area (TPSA) is 36.3 Å². The molecule has 0 saturated heterocycles. The van der Waals surface area contributed by atoms with Crippen LogP contribution >= 0.6 is 0 Å². The van der Waals surface area contributed by atoms with Gasteiger partial charge in [0.25, 0.3) is 0 Å². The lowest BCUT2D eigenvalue weighted by molar-refractivity contribution is 0.331. The van der Waals surface area contributed by atoms with E-state index in [0.29, 0.717) is 19.7 Å². The van der Waals surface area contributed by atoms with Crippen molar-refractivity contribution in [2.45, 2.75) is 6.54 Å². The molecule has 0 N–H and O–H groups in total. The van der Waals surface area contributed by atoms with E-state index in [-0.39, 0.29) is 11.3 Å². The minimum absolute atomic E-state index is 0.0276. The number of para-hydroxylation sites is 1. The molecule has 0 spiro atoms. The molecule has 0 aliphatic carbocycles. The third-order valence-corrected chi connectivity index (χ3v) is 3.41. The lowest BCUT2D eigenvalue weighted by Crippen LogP contribution is -2.27. The lowest BCUT2D eigenvalue weighted by atomic mass is 10.1. The molecule has 3 nitrogen and oxygen atoms in total. The highest BCUT2D eigenvalue weighted by Crippen LogP contribution is 2.30. The average molecular weight is 286 g/mol. The molecule has 0 aromatic heterocycles. The first-order valence-corrected chi connectivity index (χ1v) is 6.54. The van der Waals surface area contributed by atoms with Crippen molar-refractivity contribution in [1.82, 2.24) is 0 Å². The maximum absolute atomic E-state index is 14.1. The predicted molar refractivity (Wildman–Crippen MR) is 74.1 cm³/mol. The second kappa shape index (κ2) is 5.41. The van der Waals surface area contributed by atoms with Crippen LogP contribution in [0, 0.1) is 23.0 Å². The number of rotatable bonds is 1. The zero-order valence-electron chi connectivity index (χ0n) is 11.1. The molecular formula is C16H12F2N2O. The van der Waals surface area contributed by atoms with Crippen LogP contribution in [0.25, 0.3) is 0 Å². The summed E-state index contributed by atoms with van der Waals surface area (Å²) in [6.45, 7) is 1.07. The number of hydrogen-bond donors (Lipinski definition) is 0. The van der Waals surface area contributed by atoms with Gasteiger partial charge in [-0.05, 0) is 18.2 Å². The Bertz CT molecular complexity index is 701. The molecule has 0 fully saturated rings. The van der Waals surface area contributed by atoms with Gasteiger partial charge in [0.2, 0.25) is 0 Å². The van der Waals surface area contributed by atoms with Gasteiger partial charge in [0, 0.05) is 12.1 Å². The van der Waals surface area contributed by atoms with Gasteiger partial charge < -0.3 is 9.64 Å². The van der Waals surface area contributed by atoms with Gasteiger partial charge in [-0.25, -0.2) is 8.78 Å². The maximum Gasteiger partial charge on any atom is 0.150 e. The van der Waals surface area contributed by atoms with E-state index in [4.69, 9.17) is 10.00 Å². The Labute approximate surface area is 121 Å². The fourth-order valence-corrected chi connectivity index (χ4v) is 2.45. The summed E-state index contributed by atoms with van der Waals surface area (Å²) in [5.41, 5.74) is 0.729. The van der Waals surface area contributed by atoms with E-state index in [0.717, 1.165) is 23.4 Å². The lowest BCUT2D eigenvalue weighted by Gasteiger charge is -2.23. The highest BCUT2D eigenvalue weighted by Gasteiger charge is 2.22. The summed E-state index contributed by atoms with van der Waals surface area (Å²) in [4.78, 5) is 1.59. The normalized spacial score (nSPS) is 13.9. The van der Waals surface area contributed by atoms with Gasteiger partial charge in [0.05, 0.1) is 18.2 Å². The average Bonchev–Trinajstić information content (AvgIpc) is 2.68. The number of benzene rings is 2. The van der Waals surface area contributed by atoms with Crippen LogP contribution < -0.4 is 9.64 Å². The molecule has 21 heavy (non-hydrogen) atoms. The molecule has 1 heterocycles. The first kappa shape index (κ1) is 13.4. The Morgan fingerprint density at radius 2 is 1.86 bits per heavy atom. The molecule has 0 saturated carbocycles. The minimum Gasteiger partial charge on any atom is -0.491 e. The van der Waals surface area contributed by atoms with Crippen LogP contribution in [0.1, 0.15) is 11.1 Å². The number of halogens is 2. The van der Waals surface area contributed by atoms with Crippen molar-refractivity contribution in [2.75, 3.05) is 18.1 Å². The van der Waals surface area contributed by atoms with Crippen molar-refractivity contribution in [2.24, 2.45) is 0 Å². The summed E-state index contributed by atoms with van der Waals surface area (Å²) in [6, 6.07) is 11.3. The Hall–Kier alpha value is -2.61. The number of nitrogens with zero attached hydrogens (tertiary/aromatic N) is 2. The summed E-state index contributed by atoms with van der Waals surface area (Å²) in [5.74, 6) is -0.730. The van der Waals surface area contributed by atoms with Crippen molar-refractivity contribution < 1.29 is 13.5 Å². The van der Waals surface area contributed by atoms with Crippen molar-refractivity contribution in [1.29, 1.82) is 5.26 Å². The second-order valence-electron chi connectivity index (χ2n) is 4.78. The molecular weight excluding hydrogens is 274 g/mol. The first-order valence-electron chi connectivity index (χ1n) is 6.54. The first-order chi connectivity index (χ1) is 10.2. The molecule has 2 aromatic rings. The van der Waals surface area contributed by atoms with Crippen molar-refractivity contribution >= 4 is 5.69 Å². The molecule has 0 unspecified atom stereocenters. The van der Waals surface area contributed by atoms with Crippen molar-refractivity contribution in [3.05, 3.63) is 59.2 Å². The monoisotopic (exact) mass is 286 g/mol. The van der Waals surface area contributed by atoms with Crippen LogP contribution in [-0.4, -0.2) is 13.2 Å². The van der Waals surface area contributed by atoms with Gasteiger partial charge in [-0.15, -0.1) is 0 Å². The fourth-order valence-electron chi connectivity index (χ4n) is 2.45.